The molecule has 0 aliphatic heterocycles. The van der Waals surface area contributed by atoms with Crippen LogP contribution in [0.3, 0.4) is 0 Å². The summed E-state index contributed by atoms with van der Waals surface area (Å²) in [5, 5.41) is 6.82. The van der Waals surface area contributed by atoms with Crippen molar-refractivity contribution in [1.82, 2.24) is 25.5 Å². The number of aromatic nitrogens is 2. The summed E-state index contributed by atoms with van der Waals surface area (Å²) in [6, 6.07) is 0. The summed E-state index contributed by atoms with van der Waals surface area (Å²) in [5.41, 5.74) is 2.58. The third-order valence-electron chi connectivity index (χ3n) is 5.28. The number of fused-ring (bicyclic) bond motifs is 2. The van der Waals surface area contributed by atoms with Gasteiger partial charge in [-0.2, -0.15) is 0 Å². The van der Waals surface area contributed by atoms with Gasteiger partial charge in [-0.25, -0.2) is 9.97 Å². The third-order valence-corrected chi connectivity index (χ3v) is 7.11. The lowest BCUT2D eigenvalue weighted by Crippen LogP contribution is -2.31. The molecule has 4 rings (SSSR count). The molecule has 0 saturated carbocycles. The maximum absolute atomic E-state index is 12.5. The van der Waals surface area contributed by atoms with Gasteiger partial charge < -0.3 is 15.5 Å². The van der Waals surface area contributed by atoms with Crippen molar-refractivity contribution in [2.75, 3.05) is 33.2 Å². The average Bonchev–Trinajstić information content (AvgIpc) is 3.43. The fraction of sp³-hybridized carbons (Fsp3) is 0.364. The van der Waals surface area contributed by atoms with Gasteiger partial charge in [0.2, 0.25) is 11.6 Å². The summed E-state index contributed by atoms with van der Waals surface area (Å²) in [6.45, 7) is 4.50. The average molecular weight is 486 g/mol. The van der Waals surface area contributed by atoms with Crippen LogP contribution in [0, 0.1) is 6.92 Å². The summed E-state index contributed by atoms with van der Waals surface area (Å²) in [5.74, 6) is -0.839. The second-order valence-corrected chi connectivity index (χ2v) is 9.87. The number of allylic oxidation sites excluding steroid dienone is 4. The molecule has 0 atom stereocenters. The zero-order chi connectivity index (χ0) is 23.5. The lowest BCUT2D eigenvalue weighted by molar-refractivity contribution is 0.0977. The van der Waals surface area contributed by atoms with Crippen LogP contribution in [-0.2, 0) is 0 Å². The van der Waals surface area contributed by atoms with E-state index >= 15 is 0 Å². The number of nitrogens with one attached hydrogen (secondary N) is 2. The van der Waals surface area contributed by atoms with E-state index in [2.05, 4.69) is 25.5 Å². The van der Waals surface area contributed by atoms with E-state index in [0.717, 1.165) is 25.9 Å². The van der Waals surface area contributed by atoms with Gasteiger partial charge >= 0.3 is 0 Å². The number of thiazole rings is 2. The Kier molecular flexibility index (Phi) is 6.91. The van der Waals surface area contributed by atoms with Gasteiger partial charge in [0.05, 0.1) is 21.9 Å². The predicted molar refractivity (Wildman–Crippen MR) is 125 cm³/mol. The van der Waals surface area contributed by atoms with Gasteiger partial charge in [-0.05, 0) is 39.9 Å². The Morgan fingerprint density at radius 3 is 2.09 bits per heavy atom. The van der Waals surface area contributed by atoms with E-state index in [4.69, 9.17) is 0 Å². The number of Topliss-reactive ketones (excluding diaryl/α,β-unsaturated/α-hetero) is 2. The Balaban J connectivity index is 1.14. The van der Waals surface area contributed by atoms with E-state index in [1.54, 1.807) is 6.92 Å². The van der Waals surface area contributed by atoms with Crippen molar-refractivity contribution >= 4 is 45.8 Å². The molecule has 2 aromatic heterocycles. The molecule has 0 spiro atoms. The topological polar surface area (TPSA) is 121 Å². The van der Waals surface area contributed by atoms with Crippen molar-refractivity contribution < 1.29 is 19.2 Å². The molecule has 0 aromatic carbocycles. The van der Waals surface area contributed by atoms with E-state index < -0.39 is 0 Å². The summed E-state index contributed by atoms with van der Waals surface area (Å²) < 4.78 is 0. The number of carbonyl (C=O) groups is 4. The van der Waals surface area contributed by atoms with Crippen LogP contribution in [0.4, 0.5) is 0 Å². The molecule has 2 aliphatic rings. The smallest absolute Gasteiger partial charge is 0.228 e. The molecule has 2 aliphatic carbocycles. The highest BCUT2D eigenvalue weighted by molar-refractivity contribution is 7.14. The highest BCUT2D eigenvalue weighted by atomic mass is 32.1. The number of carbonyl (C=O) groups excluding carboxylic acids is 4. The first-order chi connectivity index (χ1) is 15.8. The third kappa shape index (κ3) is 5.00. The summed E-state index contributed by atoms with van der Waals surface area (Å²) in [7, 11) is 2.00. The molecule has 2 N–H and O–H groups in total. The van der Waals surface area contributed by atoms with Crippen molar-refractivity contribution in [3.8, 4) is 0 Å². The van der Waals surface area contributed by atoms with E-state index in [1.165, 1.54) is 40.3 Å². The highest BCUT2D eigenvalue weighted by Crippen LogP contribution is 2.25. The van der Waals surface area contributed by atoms with Crippen LogP contribution < -0.4 is 10.6 Å². The van der Waals surface area contributed by atoms with Gasteiger partial charge in [0.25, 0.3) is 0 Å². The van der Waals surface area contributed by atoms with E-state index in [0.29, 0.717) is 39.2 Å². The van der Waals surface area contributed by atoms with Crippen LogP contribution in [0.25, 0.3) is 0 Å². The first kappa shape index (κ1) is 23.1. The highest BCUT2D eigenvalue weighted by Gasteiger charge is 2.29. The maximum Gasteiger partial charge on any atom is 0.228 e. The van der Waals surface area contributed by atoms with Gasteiger partial charge in [-0.3, -0.25) is 19.2 Å². The molecule has 172 valence electrons. The standard InChI is InChI=1S/C22H23N5O4S2/c1-12-26-18-20(31)14(10-16(29)22(18)33-12)24-6-4-8-27(2)7-3-5-23-13-9-15(28)21-17(19(13)30)25-11-32-21/h9-11,23-24H,3-8H2,1-2H3. The van der Waals surface area contributed by atoms with Crippen LogP contribution in [0.15, 0.2) is 29.1 Å². The van der Waals surface area contributed by atoms with Gasteiger partial charge in [-0.1, -0.05) is 0 Å². The number of aryl methyl sites for hydroxylation is 1. The molecule has 0 bridgehead atoms. The summed E-state index contributed by atoms with van der Waals surface area (Å²) in [4.78, 5) is 60.2. The number of rotatable bonds is 10. The largest absolute Gasteiger partial charge is 0.382 e. The quantitative estimate of drug-likeness (QED) is 0.487. The van der Waals surface area contributed by atoms with E-state index in [9.17, 15) is 19.2 Å². The second kappa shape index (κ2) is 9.86. The minimum Gasteiger partial charge on any atom is -0.382 e. The van der Waals surface area contributed by atoms with Gasteiger partial charge in [0.15, 0.2) is 11.6 Å². The lowest BCUT2D eigenvalue weighted by Gasteiger charge is -2.18. The molecule has 0 fully saturated rings. The van der Waals surface area contributed by atoms with Crippen LogP contribution >= 0.6 is 22.7 Å². The first-order valence-electron chi connectivity index (χ1n) is 10.5. The maximum atomic E-state index is 12.5. The fourth-order valence-electron chi connectivity index (χ4n) is 3.63. The molecule has 0 radical (unpaired) electrons. The Morgan fingerprint density at radius 1 is 0.879 bits per heavy atom. The first-order valence-corrected chi connectivity index (χ1v) is 12.2. The second-order valence-electron chi connectivity index (χ2n) is 7.81. The number of ketones is 4. The Morgan fingerprint density at radius 2 is 1.45 bits per heavy atom. The molecule has 2 aromatic rings. The normalized spacial score (nSPS) is 15.4. The van der Waals surface area contributed by atoms with Crippen LogP contribution in [-0.4, -0.2) is 71.2 Å². The van der Waals surface area contributed by atoms with Crippen molar-refractivity contribution in [3.63, 3.8) is 0 Å². The molecular formula is C22H23N5O4S2. The van der Waals surface area contributed by atoms with Crippen LogP contribution in [0.1, 0.15) is 58.2 Å². The summed E-state index contributed by atoms with van der Waals surface area (Å²) in [6.07, 6.45) is 4.28. The monoisotopic (exact) mass is 485 g/mol. The van der Waals surface area contributed by atoms with Crippen LogP contribution in [0.5, 0.6) is 0 Å². The number of hydrogen-bond acceptors (Lipinski definition) is 11. The van der Waals surface area contributed by atoms with Gasteiger partial charge in [0, 0.05) is 25.2 Å². The number of hydrogen-bond donors (Lipinski definition) is 2. The molecular weight excluding hydrogens is 462 g/mol. The minimum atomic E-state index is -0.241. The summed E-state index contributed by atoms with van der Waals surface area (Å²) >= 11 is 2.43. The zero-order valence-electron chi connectivity index (χ0n) is 18.3. The Labute approximate surface area is 198 Å². The number of nitrogens with zero attached hydrogens (tertiary/aromatic N) is 3. The molecule has 33 heavy (non-hydrogen) atoms. The molecule has 9 nitrogen and oxygen atoms in total. The molecule has 0 unspecified atom stereocenters. The predicted octanol–water partition coefficient (Wildman–Crippen LogP) is 2.03. The lowest BCUT2D eigenvalue weighted by atomic mass is 10.0. The van der Waals surface area contributed by atoms with Crippen molar-refractivity contribution in [2.24, 2.45) is 0 Å². The molecule has 2 heterocycles. The van der Waals surface area contributed by atoms with Gasteiger partial charge in [0.1, 0.15) is 21.1 Å². The molecule has 0 amide bonds. The zero-order valence-corrected chi connectivity index (χ0v) is 19.9. The Bertz CT molecular complexity index is 1190. The van der Waals surface area contributed by atoms with Crippen molar-refractivity contribution in [2.45, 2.75) is 19.8 Å². The minimum absolute atomic E-state index is 0.179. The van der Waals surface area contributed by atoms with Crippen LogP contribution in [0.2, 0.25) is 0 Å². The molecule has 11 heteroatoms. The SMILES string of the molecule is Cc1nc2c(s1)C(=O)C=C(NCCCN(C)CCCNC1=CC(=O)c3scnc3C1=O)C2=O. The van der Waals surface area contributed by atoms with Crippen molar-refractivity contribution in [1.29, 1.82) is 0 Å². The van der Waals surface area contributed by atoms with Gasteiger partial charge in [-0.15, -0.1) is 22.7 Å². The fourth-order valence-corrected chi connectivity index (χ4v) is 5.15. The van der Waals surface area contributed by atoms with E-state index in [1.807, 2.05) is 7.05 Å². The molecule has 0 saturated heterocycles. The van der Waals surface area contributed by atoms with Crippen molar-refractivity contribution in [3.05, 3.63) is 55.2 Å². The Hall–Kier alpha value is -3.02. The van der Waals surface area contributed by atoms with E-state index in [-0.39, 0.29) is 34.5 Å².